The van der Waals surface area contributed by atoms with Gasteiger partial charge < -0.3 is 19.7 Å². The molecule has 0 aromatic heterocycles. The first-order valence-corrected chi connectivity index (χ1v) is 17.6. The maximum atomic E-state index is 14.7. The molecule has 5 rings (SSSR count). The fraction of sp³-hybridized carbons (Fsp3) is 0.278. The van der Waals surface area contributed by atoms with Crippen LogP contribution in [0.1, 0.15) is 31.9 Å². The van der Waals surface area contributed by atoms with Crippen molar-refractivity contribution in [1.82, 2.24) is 10.2 Å². The van der Waals surface area contributed by atoms with Gasteiger partial charge in [-0.1, -0.05) is 77.8 Å². The summed E-state index contributed by atoms with van der Waals surface area (Å²) in [4.78, 5) is 30.1. The summed E-state index contributed by atoms with van der Waals surface area (Å²) in [5, 5.41) is 3.61. The maximum Gasteiger partial charge on any atom is 0.264 e. The van der Waals surface area contributed by atoms with Gasteiger partial charge in [0.15, 0.2) is 11.5 Å². The summed E-state index contributed by atoms with van der Waals surface area (Å²) in [5.41, 5.74) is 0.783. The number of ether oxygens (including phenoxy) is 2. The van der Waals surface area contributed by atoms with Gasteiger partial charge in [-0.15, -0.1) is 0 Å². The Bertz CT molecular complexity index is 1850. The van der Waals surface area contributed by atoms with E-state index in [0.717, 1.165) is 9.87 Å². The van der Waals surface area contributed by atoms with Crippen molar-refractivity contribution in [3.63, 3.8) is 0 Å². The predicted octanol–water partition coefficient (Wildman–Crippen LogP) is 6.51. The summed E-state index contributed by atoms with van der Waals surface area (Å²) in [6.45, 7) is 5.37. The molecule has 1 N–H and O–H groups in total. The topological polar surface area (TPSA) is 105 Å². The quantitative estimate of drug-likeness (QED) is 0.190. The average molecular weight is 711 g/mol. The first-order valence-electron chi connectivity index (χ1n) is 15.4. The Morgan fingerprint density at radius 2 is 1.44 bits per heavy atom. The number of carbonyl (C=O) groups is 2. The van der Waals surface area contributed by atoms with E-state index in [0.29, 0.717) is 33.7 Å². The Hall–Kier alpha value is -4.25. The molecule has 48 heavy (non-hydrogen) atoms. The number of nitrogens with one attached hydrogen (secondary N) is 1. The van der Waals surface area contributed by atoms with Gasteiger partial charge in [-0.3, -0.25) is 13.9 Å². The second-order valence-corrected chi connectivity index (χ2v) is 15.0. The number of rotatable bonds is 11. The number of nitrogens with zero attached hydrogens (tertiary/aromatic N) is 2. The summed E-state index contributed by atoms with van der Waals surface area (Å²) in [5.74, 6) is -0.249. The van der Waals surface area contributed by atoms with E-state index >= 15 is 0 Å². The van der Waals surface area contributed by atoms with E-state index in [-0.39, 0.29) is 30.2 Å². The maximum absolute atomic E-state index is 14.7. The minimum absolute atomic E-state index is 0.0142. The molecule has 9 nitrogen and oxygen atoms in total. The Morgan fingerprint density at radius 1 is 0.833 bits per heavy atom. The van der Waals surface area contributed by atoms with Crippen molar-refractivity contribution in [2.75, 3.05) is 24.1 Å². The molecule has 2 amide bonds. The van der Waals surface area contributed by atoms with Crippen molar-refractivity contribution in [2.24, 2.45) is 0 Å². The number of hydrogen-bond donors (Lipinski definition) is 1. The smallest absolute Gasteiger partial charge is 0.264 e. The number of anilines is 1. The van der Waals surface area contributed by atoms with Crippen LogP contribution in [-0.4, -0.2) is 56.5 Å². The highest BCUT2D eigenvalue weighted by Crippen LogP contribution is 2.36. The van der Waals surface area contributed by atoms with E-state index in [1.54, 1.807) is 48.5 Å². The molecule has 0 aliphatic carbocycles. The summed E-state index contributed by atoms with van der Waals surface area (Å²) >= 11 is 13.2. The summed E-state index contributed by atoms with van der Waals surface area (Å²) < 4.78 is 41.0. The molecule has 1 unspecified atom stereocenters. The Balaban J connectivity index is 1.62. The van der Waals surface area contributed by atoms with E-state index in [2.05, 4.69) is 5.32 Å². The van der Waals surface area contributed by atoms with Crippen LogP contribution >= 0.6 is 23.2 Å². The molecule has 0 fully saturated rings. The van der Waals surface area contributed by atoms with Crippen molar-refractivity contribution in [3.8, 4) is 11.5 Å². The highest BCUT2D eigenvalue weighted by atomic mass is 35.5. The van der Waals surface area contributed by atoms with Crippen LogP contribution in [0.4, 0.5) is 5.69 Å². The average Bonchev–Trinajstić information content (AvgIpc) is 3.06. The molecule has 12 heteroatoms. The van der Waals surface area contributed by atoms with Crippen LogP contribution in [0.2, 0.25) is 10.0 Å². The number of benzene rings is 4. The molecule has 1 aliphatic rings. The van der Waals surface area contributed by atoms with Gasteiger partial charge in [0, 0.05) is 40.2 Å². The fourth-order valence-corrected chi connectivity index (χ4v) is 7.24. The molecule has 1 atom stereocenters. The zero-order valence-electron chi connectivity index (χ0n) is 26.9. The highest BCUT2D eigenvalue weighted by molar-refractivity contribution is 7.92. The van der Waals surface area contributed by atoms with Crippen LogP contribution in [-0.2, 0) is 32.6 Å². The molecule has 252 valence electrons. The predicted molar refractivity (Wildman–Crippen MR) is 187 cm³/mol. The van der Waals surface area contributed by atoms with E-state index in [1.807, 2.05) is 51.1 Å². The lowest BCUT2D eigenvalue weighted by molar-refractivity contribution is -0.140. The second kappa shape index (κ2) is 14.9. The summed E-state index contributed by atoms with van der Waals surface area (Å²) in [6.07, 6.45) is 0.145. The third kappa shape index (κ3) is 8.42. The van der Waals surface area contributed by atoms with Gasteiger partial charge in [0.2, 0.25) is 11.8 Å². The van der Waals surface area contributed by atoms with Crippen molar-refractivity contribution < 1.29 is 27.5 Å². The number of sulfonamides is 1. The largest absolute Gasteiger partial charge is 0.486 e. The third-order valence-electron chi connectivity index (χ3n) is 7.58. The van der Waals surface area contributed by atoms with E-state index in [4.69, 9.17) is 32.7 Å². The first-order chi connectivity index (χ1) is 22.8. The molecule has 0 spiro atoms. The van der Waals surface area contributed by atoms with Gasteiger partial charge >= 0.3 is 0 Å². The first kappa shape index (κ1) is 35.1. The van der Waals surface area contributed by atoms with Gasteiger partial charge in [-0.05, 0) is 62.7 Å². The lowest BCUT2D eigenvalue weighted by atomic mass is 10.0. The monoisotopic (exact) mass is 709 g/mol. The standard InChI is InChI=1S/C36H37Cl2N3O6S/c1-36(2,3)39-35(43)31(21-25-11-6-4-7-12-25)40(23-28-29(37)15-10-16-30(28)38)34(42)24-41(48(44,45)27-13-8-5-9-14-27)26-17-18-32-33(22-26)47-20-19-46-32/h4-18,22,31H,19-21,23-24H2,1-3H3,(H,39,43). The van der Waals surface area contributed by atoms with Crippen molar-refractivity contribution in [1.29, 1.82) is 0 Å². The lowest BCUT2D eigenvalue weighted by Gasteiger charge is -2.35. The van der Waals surface area contributed by atoms with Crippen LogP contribution < -0.4 is 19.1 Å². The number of halogens is 2. The minimum atomic E-state index is -4.30. The van der Waals surface area contributed by atoms with Crippen LogP contribution in [0.5, 0.6) is 11.5 Å². The van der Waals surface area contributed by atoms with Crippen molar-refractivity contribution in [3.05, 3.63) is 118 Å². The molecule has 0 saturated carbocycles. The molecule has 4 aromatic rings. The number of fused-ring (bicyclic) bond motifs is 1. The molecular formula is C36H37Cl2N3O6S. The molecular weight excluding hydrogens is 673 g/mol. The fourth-order valence-electron chi connectivity index (χ4n) is 5.30. The van der Waals surface area contributed by atoms with Crippen molar-refractivity contribution >= 4 is 50.7 Å². The third-order valence-corrected chi connectivity index (χ3v) is 10.1. The lowest BCUT2D eigenvalue weighted by Crippen LogP contribution is -2.56. The molecule has 1 heterocycles. The molecule has 0 saturated heterocycles. The number of amides is 2. The molecule has 0 bridgehead atoms. The summed E-state index contributed by atoms with van der Waals surface area (Å²) in [7, 11) is -4.30. The number of carbonyl (C=O) groups excluding carboxylic acids is 2. The van der Waals surface area contributed by atoms with Crippen LogP contribution in [0.3, 0.4) is 0 Å². The van der Waals surface area contributed by atoms with E-state index in [1.165, 1.54) is 23.1 Å². The Kier molecular flexibility index (Phi) is 10.9. The van der Waals surface area contributed by atoms with Gasteiger partial charge in [-0.2, -0.15) is 0 Å². The van der Waals surface area contributed by atoms with Gasteiger partial charge in [-0.25, -0.2) is 8.42 Å². The molecule has 0 radical (unpaired) electrons. The van der Waals surface area contributed by atoms with Gasteiger partial charge in [0.25, 0.3) is 10.0 Å². The van der Waals surface area contributed by atoms with Crippen LogP contribution in [0.15, 0.2) is 102 Å². The second-order valence-electron chi connectivity index (χ2n) is 12.3. The highest BCUT2D eigenvalue weighted by Gasteiger charge is 2.36. The number of hydrogen-bond acceptors (Lipinski definition) is 6. The van der Waals surface area contributed by atoms with E-state index < -0.39 is 40.0 Å². The van der Waals surface area contributed by atoms with E-state index in [9.17, 15) is 18.0 Å². The molecule has 1 aliphatic heterocycles. The summed E-state index contributed by atoms with van der Waals surface area (Å²) in [6, 6.07) is 25.7. The minimum Gasteiger partial charge on any atom is -0.486 e. The Morgan fingerprint density at radius 3 is 2.06 bits per heavy atom. The Labute approximate surface area is 291 Å². The zero-order valence-corrected chi connectivity index (χ0v) is 29.2. The van der Waals surface area contributed by atoms with Crippen LogP contribution in [0, 0.1) is 0 Å². The van der Waals surface area contributed by atoms with Crippen molar-refractivity contribution in [2.45, 2.75) is 50.2 Å². The zero-order chi connectivity index (χ0) is 34.5. The van der Waals surface area contributed by atoms with Gasteiger partial charge in [0.1, 0.15) is 25.8 Å². The SMILES string of the molecule is CC(C)(C)NC(=O)C(Cc1ccccc1)N(Cc1c(Cl)cccc1Cl)C(=O)CN(c1ccc2c(c1)OCCO2)S(=O)(=O)c1ccccc1. The normalized spacial score (nSPS) is 13.4. The van der Waals surface area contributed by atoms with Crippen LogP contribution in [0.25, 0.3) is 0 Å². The molecule has 4 aromatic carbocycles. The van der Waals surface area contributed by atoms with Gasteiger partial charge in [0.05, 0.1) is 10.6 Å².